The number of aromatic nitrogens is 3. The van der Waals surface area contributed by atoms with E-state index in [1.807, 2.05) is 60.7 Å². The van der Waals surface area contributed by atoms with Crippen LogP contribution < -0.4 is 10.6 Å². The van der Waals surface area contributed by atoms with Crippen LogP contribution in [-0.4, -0.2) is 15.0 Å². The zero-order chi connectivity index (χ0) is 20.3. The van der Waals surface area contributed by atoms with Crippen molar-refractivity contribution in [2.45, 2.75) is 6.92 Å². The fourth-order valence-corrected chi connectivity index (χ4v) is 4.17. The molecule has 30 heavy (non-hydrogen) atoms. The Kier molecular flexibility index (Phi) is 4.83. The molecule has 0 radical (unpaired) electrons. The van der Waals surface area contributed by atoms with Gasteiger partial charge in [0.1, 0.15) is 12.1 Å². The average molecular weight is 410 g/mol. The molecular weight excluding hydrogens is 390 g/mol. The van der Waals surface area contributed by atoms with Crippen LogP contribution in [0.15, 0.2) is 85.2 Å². The van der Waals surface area contributed by atoms with Crippen LogP contribution in [0.1, 0.15) is 5.56 Å². The van der Waals surface area contributed by atoms with Gasteiger partial charge >= 0.3 is 0 Å². The summed E-state index contributed by atoms with van der Waals surface area (Å²) in [5.74, 6) is 0.756. The maximum Gasteiger partial charge on any atom is 0.188 e. The summed E-state index contributed by atoms with van der Waals surface area (Å²) in [5, 5.41) is 7.62. The third kappa shape index (κ3) is 3.99. The first-order valence-electron chi connectivity index (χ1n) is 9.62. The molecule has 0 fully saturated rings. The average Bonchev–Trinajstić information content (AvgIpc) is 3.17. The first-order valence-corrected chi connectivity index (χ1v) is 10.4. The first kappa shape index (κ1) is 18.3. The second-order valence-electron chi connectivity index (χ2n) is 6.97. The Labute approximate surface area is 178 Å². The molecule has 5 aromatic rings. The molecule has 0 spiro atoms. The van der Waals surface area contributed by atoms with Gasteiger partial charge in [0.2, 0.25) is 0 Å². The predicted octanol–water partition coefficient (Wildman–Crippen LogP) is 6.55. The number of anilines is 4. The predicted molar refractivity (Wildman–Crippen MR) is 125 cm³/mol. The van der Waals surface area contributed by atoms with Crippen molar-refractivity contribution < 1.29 is 0 Å². The van der Waals surface area contributed by atoms with E-state index in [2.05, 4.69) is 50.7 Å². The van der Waals surface area contributed by atoms with E-state index >= 15 is 0 Å². The van der Waals surface area contributed by atoms with E-state index in [9.17, 15) is 0 Å². The number of thiazole rings is 1. The molecule has 0 aliphatic rings. The van der Waals surface area contributed by atoms with Crippen molar-refractivity contribution in [3.63, 3.8) is 0 Å². The summed E-state index contributed by atoms with van der Waals surface area (Å²) >= 11 is 1.66. The molecule has 0 aliphatic heterocycles. The lowest BCUT2D eigenvalue weighted by atomic mass is 10.1. The smallest absolute Gasteiger partial charge is 0.188 e. The zero-order valence-corrected chi connectivity index (χ0v) is 17.1. The molecule has 0 saturated carbocycles. The number of nitrogens with zero attached hydrogens (tertiary/aromatic N) is 3. The van der Waals surface area contributed by atoms with Gasteiger partial charge in [0.05, 0.1) is 15.9 Å². The normalized spacial score (nSPS) is 10.8. The lowest BCUT2D eigenvalue weighted by Crippen LogP contribution is -1.96. The zero-order valence-electron chi connectivity index (χ0n) is 16.3. The highest BCUT2D eigenvalue weighted by Crippen LogP contribution is 2.29. The molecule has 0 saturated heterocycles. The molecule has 6 heteroatoms. The molecule has 5 rings (SSSR count). The molecule has 146 valence electrons. The number of fused-ring (bicyclic) bond motifs is 1. The van der Waals surface area contributed by atoms with Crippen LogP contribution in [0.4, 0.5) is 22.3 Å². The molecule has 0 aliphatic carbocycles. The Morgan fingerprint density at radius 2 is 1.53 bits per heavy atom. The topological polar surface area (TPSA) is 62.7 Å². The molecule has 0 unspecified atom stereocenters. The minimum Gasteiger partial charge on any atom is -0.340 e. The van der Waals surface area contributed by atoms with Crippen molar-refractivity contribution in [3.05, 3.63) is 90.8 Å². The lowest BCUT2D eigenvalue weighted by Gasteiger charge is -2.08. The van der Waals surface area contributed by atoms with Gasteiger partial charge in [0, 0.05) is 23.0 Å². The summed E-state index contributed by atoms with van der Waals surface area (Å²) in [7, 11) is 0. The first-order chi connectivity index (χ1) is 14.7. The Balaban J connectivity index is 1.30. The summed E-state index contributed by atoms with van der Waals surface area (Å²) in [6, 6.07) is 26.4. The molecular formula is C24H19N5S. The Morgan fingerprint density at radius 3 is 2.33 bits per heavy atom. The highest BCUT2D eigenvalue weighted by atomic mass is 32.1. The van der Waals surface area contributed by atoms with Crippen LogP contribution in [0.25, 0.3) is 21.5 Å². The van der Waals surface area contributed by atoms with E-state index in [0.29, 0.717) is 0 Å². The van der Waals surface area contributed by atoms with E-state index in [-0.39, 0.29) is 0 Å². The minimum absolute atomic E-state index is 0.756. The maximum atomic E-state index is 4.65. The van der Waals surface area contributed by atoms with Crippen molar-refractivity contribution in [2.75, 3.05) is 10.6 Å². The van der Waals surface area contributed by atoms with E-state index in [4.69, 9.17) is 0 Å². The molecule has 3 aromatic carbocycles. The summed E-state index contributed by atoms with van der Waals surface area (Å²) in [6.07, 6.45) is 1.58. The van der Waals surface area contributed by atoms with Crippen molar-refractivity contribution >= 4 is 43.9 Å². The van der Waals surface area contributed by atoms with Gasteiger partial charge in [-0.05, 0) is 48.9 Å². The highest BCUT2D eigenvalue weighted by Gasteiger charge is 2.05. The summed E-state index contributed by atoms with van der Waals surface area (Å²) in [4.78, 5) is 13.4. The standard InChI is InChI=1S/C24H19N5S/c1-16-7-12-20-22(13-16)30-24(29-20)28-19-10-8-18(9-11-19)27-23-14-21(25-15-26-23)17-5-3-2-4-6-17/h2-15H,1H3,(H,28,29)(H,25,26,27). The van der Waals surface area contributed by atoms with Gasteiger partial charge in [0.25, 0.3) is 0 Å². The van der Waals surface area contributed by atoms with Crippen LogP contribution in [0.5, 0.6) is 0 Å². The van der Waals surface area contributed by atoms with Crippen molar-refractivity contribution in [1.82, 2.24) is 15.0 Å². The molecule has 2 aromatic heterocycles. The highest BCUT2D eigenvalue weighted by molar-refractivity contribution is 7.22. The van der Waals surface area contributed by atoms with E-state index in [0.717, 1.165) is 39.1 Å². The second kappa shape index (κ2) is 7.93. The fraction of sp³-hybridized carbons (Fsp3) is 0.0417. The Hall–Kier alpha value is -3.77. The molecule has 0 amide bonds. The third-order valence-electron chi connectivity index (χ3n) is 4.69. The van der Waals surface area contributed by atoms with Crippen LogP contribution in [-0.2, 0) is 0 Å². The van der Waals surface area contributed by atoms with Crippen LogP contribution in [0, 0.1) is 6.92 Å². The maximum absolute atomic E-state index is 4.65. The van der Waals surface area contributed by atoms with E-state index < -0.39 is 0 Å². The number of nitrogens with one attached hydrogen (secondary N) is 2. The van der Waals surface area contributed by atoms with Crippen molar-refractivity contribution in [2.24, 2.45) is 0 Å². The van der Waals surface area contributed by atoms with Crippen LogP contribution in [0.3, 0.4) is 0 Å². The molecule has 5 nitrogen and oxygen atoms in total. The largest absolute Gasteiger partial charge is 0.340 e. The fourth-order valence-electron chi connectivity index (χ4n) is 3.19. The van der Waals surface area contributed by atoms with E-state index in [1.165, 1.54) is 10.3 Å². The molecule has 0 atom stereocenters. The van der Waals surface area contributed by atoms with Gasteiger partial charge in [-0.1, -0.05) is 47.7 Å². The van der Waals surface area contributed by atoms with Gasteiger partial charge in [-0.3, -0.25) is 0 Å². The van der Waals surface area contributed by atoms with Gasteiger partial charge in [-0.25, -0.2) is 15.0 Å². The Bertz CT molecular complexity index is 1300. The number of hydrogen-bond donors (Lipinski definition) is 2. The third-order valence-corrected chi connectivity index (χ3v) is 5.62. The number of rotatable bonds is 5. The minimum atomic E-state index is 0.756. The van der Waals surface area contributed by atoms with Crippen LogP contribution >= 0.6 is 11.3 Å². The molecule has 2 N–H and O–H groups in total. The molecule has 2 heterocycles. The van der Waals surface area contributed by atoms with Gasteiger partial charge < -0.3 is 10.6 Å². The monoisotopic (exact) mass is 409 g/mol. The van der Waals surface area contributed by atoms with Gasteiger partial charge in [-0.15, -0.1) is 0 Å². The summed E-state index contributed by atoms with van der Waals surface area (Å²) in [6.45, 7) is 2.10. The Morgan fingerprint density at radius 1 is 0.767 bits per heavy atom. The molecule has 0 bridgehead atoms. The SMILES string of the molecule is Cc1ccc2nc(Nc3ccc(Nc4cc(-c5ccccc5)ncn4)cc3)sc2c1. The summed E-state index contributed by atoms with van der Waals surface area (Å²) < 4.78 is 1.19. The quantitative estimate of drug-likeness (QED) is 0.345. The number of benzene rings is 3. The number of aryl methyl sites for hydroxylation is 1. The van der Waals surface area contributed by atoms with Gasteiger partial charge in [0.15, 0.2) is 5.13 Å². The van der Waals surface area contributed by atoms with Crippen molar-refractivity contribution in [3.8, 4) is 11.3 Å². The number of hydrogen-bond acceptors (Lipinski definition) is 6. The van der Waals surface area contributed by atoms with E-state index in [1.54, 1.807) is 17.7 Å². The lowest BCUT2D eigenvalue weighted by molar-refractivity contribution is 1.17. The van der Waals surface area contributed by atoms with Crippen molar-refractivity contribution in [1.29, 1.82) is 0 Å². The van der Waals surface area contributed by atoms with Crippen LogP contribution in [0.2, 0.25) is 0 Å². The second-order valence-corrected chi connectivity index (χ2v) is 8.00. The van der Waals surface area contributed by atoms with Gasteiger partial charge in [-0.2, -0.15) is 0 Å². The summed E-state index contributed by atoms with van der Waals surface area (Å²) in [5.41, 5.74) is 6.16.